The Morgan fingerprint density at radius 3 is 2.85 bits per heavy atom. The SMILES string of the molecule is Cc1cccc(OCCC(N)Cc2ccc(Br)cn2)c1. The van der Waals surface area contributed by atoms with Crippen LogP contribution in [-0.4, -0.2) is 17.6 Å². The molecule has 0 radical (unpaired) electrons. The van der Waals surface area contributed by atoms with Crippen molar-refractivity contribution in [1.82, 2.24) is 4.98 Å². The van der Waals surface area contributed by atoms with Crippen molar-refractivity contribution in [2.75, 3.05) is 6.61 Å². The topological polar surface area (TPSA) is 48.1 Å². The number of nitrogens with two attached hydrogens (primary N) is 1. The molecule has 0 saturated heterocycles. The molecule has 106 valence electrons. The van der Waals surface area contributed by atoms with Crippen molar-refractivity contribution in [3.63, 3.8) is 0 Å². The molecule has 1 heterocycles. The van der Waals surface area contributed by atoms with Gasteiger partial charge in [-0.25, -0.2) is 0 Å². The van der Waals surface area contributed by atoms with Crippen LogP contribution in [0.1, 0.15) is 17.7 Å². The molecule has 0 spiro atoms. The number of halogens is 1. The summed E-state index contributed by atoms with van der Waals surface area (Å²) in [5.74, 6) is 0.902. The second-order valence-corrected chi connectivity index (χ2v) is 5.80. The van der Waals surface area contributed by atoms with Gasteiger partial charge < -0.3 is 10.5 Å². The third-order valence-corrected chi connectivity index (χ3v) is 3.48. The van der Waals surface area contributed by atoms with Crippen molar-refractivity contribution < 1.29 is 4.74 Å². The summed E-state index contributed by atoms with van der Waals surface area (Å²) in [6.07, 6.45) is 3.38. The van der Waals surface area contributed by atoms with Crippen LogP contribution >= 0.6 is 15.9 Å². The minimum Gasteiger partial charge on any atom is -0.494 e. The van der Waals surface area contributed by atoms with E-state index in [9.17, 15) is 0 Å². The summed E-state index contributed by atoms with van der Waals surface area (Å²) in [6.45, 7) is 2.68. The van der Waals surface area contributed by atoms with Crippen molar-refractivity contribution in [2.24, 2.45) is 5.73 Å². The largest absolute Gasteiger partial charge is 0.494 e. The number of hydrogen-bond donors (Lipinski definition) is 1. The molecule has 0 aliphatic carbocycles. The number of ether oxygens (including phenoxy) is 1. The highest BCUT2D eigenvalue weighted by atomic mass is 79.9. The minimum atomic E-state index is 0.0634. The predicted molar refractivity (Wildman–Crippen MR) is 84.9 cm³/mol. The number of benzene rings is 1. The van der Waals surface area contributed by atoms with Gasteiger partial charge in [-0.05, 0) is 59.1 Å². The quantitative estimate of drug-likeness (QED) is 0.879. The van der Waals surface area contributed by atoms with Gasteiger partial charge >= 0.3 is 0 Å². The molecule has 1 aromatic heterocycles. The van der Waals surface area contributed by atoms with Crippen LogP contribution in [-0.2, 0) is 6.42 Å². The number of hydrogen-bond acceptors (Lipinski definition) is 3. The maximum atomic E-state index is 6.11. The summed E-state index contributed by atoms with van der Waals surface area (Å²) >= 11 is 3.37. The summed E-state index contributed by atoms with van der Waals surface area (Å²) in [5, 5.41) is 0. The molecule has 0 fully saturated rings. The summed E-state index contributed by atoms with van der Waals surface area (Å²) in [5.41, 5.74) is 8.32. The first kappa shape index (κ1) is 15.0. The lowest BCUT2D eigenvalue weighted by molar-refractivity contribution is 0.297. The Hall–Kier alpha value is -1.39. The van der Waals surface area contributed by atoms with Crippen LogP contribution in [0.25, 0.3) is 0 Å². The molecular weight excluding hydrogens is 316 g/mol. The maximum absolute atomic E-state index is 6.11. The molecule has 3 nitrogen and oxygen atoms in total. The molecule has 0 aliphatic heterocycles. The van der Waals surface area contributed by atoms with E-state index in [0.29, 0.717) is 6.61 Å². The van der Waals surface area contributed by atoms with Gasteiger partial charge in [-0.1, -0.05) is 12.1 Å². The van der Waals surface area contributed by atoms with Crippen LogP contribution in [0.5, 0.6) is 5.75 Å². The van der Waals surface area contributed by atoms with E-state index in [0.717, 1.165) is 28.8 Å². The van der Waals surface area contributed by atoms with Crippen molar-refractivity contribution >= 4 is 15.9 Å². The van der Waals surface area contributed by atoms with Crippen molar-refractivity contribution in [1.29, 1.82) is 0 Å². The van der Waals surface area contributed by atoms with E-state index in [1.54, 1.807) is 6.20 Å². The standard InChI is InChI=1S/C16H19BrN2O/c1-12-3-2-4-16(9-12)20-8-7-14(18)10-15-6-5-13(17)11-19-15/h2-6,9,11,14H,7-8,10,18H2,1H3. The second-order valence-electron chi connectivity index (χ2n) is 4.89. The molecule has 0 amide bonds. The fourth-order valence-corrected chi connectivity index (χ4v) is 2.17. The molecule has 1 aromatic carbocycles. The number of nitrogens with zero attached hydrogens (tertiary/aromatic N) is 1. The molecule has 0 aliphatic rings. The van der Waals surface area contributed by atoms with Crippen LogP contribution in [0.2, 0.25) is 0 Å². The van der Waals surface area contributed by atoms with Gasteiger partial charge in [0.05, 0.1) is 6.61 Å². The monoisotopic (exact) mass is 334 g/mol. The maximum Gasteiger partial charge on any atom is 0.119 e. The number of aryl methyl sites for hydroxylation is 1. The lowest BCUT2D eigenvalue weighted by atomic mass is 10.1. The van der Waals surface area contributed by atoms with Crippen LogP contribution in [0.4, 0.5) is 0 Å². The molecule has 1 unspecified atom stereocenters. The average molecular weight is 335 g/mol. The summed E-state index contributed by atoms with van der Waals surface area (Å²) in [6, 6.07) is 12.1. The third kappa shape index (κ3) is 4.94. The number of aromatic nitrogens is 1. The first-order valence-electron chi connectivity index (χ1n) is 6.69. The van der Waals surface area contributed by atoms with Gasteiger partial charge in [0.25, 0.3) is 0 Å². The van der Waals surface area contributed by atoms with E-state index in [1.807, 2.05) is 30.3 Å². The predicted octanol–water partition coefficient (Wildman–Crippen LogP) is 3.49. The van der Waals surface area contributed by atoms with E-state index in [1.165, 1.54) is 5.56 Å². The molecule has 0 bridgehead atoms. The van der Waals surface area contributed by atoms with E-state index >= 15 is 0 Å². The highest BCUT2D eigenvalue weighted by Crippen LogP contribution is 2.13. The van der Waals surface area contributed by atoms with Gasteiger partial charge in [0, 0.05) is 28.8 Å². The number of rotatable bonds is 6. The van der Waals surface area contributed by atoms with Gasteiger partial charge in [0.15, 0.2) is 0 Å². The Labute approximate surface area is 128 Å². The summed E-state index contributed by atoms with van der Waals surface area (Å²) < 4.78 is 6.69. The van der Waals surface area contributed by atoms with Crippen LogP contribution in [0.3, 0.4) is 0 Å². The van der Waals surface area contributed by atoms with Gasteiger partial charge in [-0.2, -0.15) is 0 Å². The fraction of sp³-hybridized carbons (Fsp3) is 0.312. The minimum absolute atomic E-state index is 0.0634. The Morgan fingerprint density at radius 1 is 1.30 bits per heavy atom. The van der Waals surface area contributed by atoms with E-state index < -0.39 is 0 Å². The first-order valence-corrected chi connectivity index (χ1v) is 7.48. The van der Waals surface area contributed by atoms with Crippen LogP contribution in [0.15, 0.2) is 47.1 Å². The number of pyridine rings is 1. The van der Waals surface area contributed by atoms with E-state index in [-0.39, 0.29) is 6.04 Å². The third-order valence-electron chi connectivity index (χ3n) is 3.01. The van der Waals surface area contributed by atoms with Crippen LogP contribution in [0, 0.1) is 6.92 Å². The molecule has 2 aromatic rings. The lowest BCUT2D eigenvalue weighted by Crippen LogP contribution is -2.25. The normalized spacial score (nSPS) is 12.2. The highest BCUT2D eigenvalue weighted by molar-refractivity contribution is 9.10. The van der Waals surface area contributed by atoms with Crippen molar-refractivity contribution in [3.8, 4) is 5.75 Å². The zero-order chi connectivity index (χ0) is 14.4. The van der Waals surface area contributed by atoms with E-state index in [4.69, 9.17) is 10.5 Å². The van der Waals surface area contributed by atoms with E-state index in [2.05, 4.69) is 33.9 Å². The Balaban J connectivity index is 1.75. The Morgan fingerprint density at radius 2 is 2.15 bits per heavy atom. The molecular formula is C16H19BrN2O. The van der Waals surface area contributed by atoms with Crippen molar-refractivity contribution in [3.05, 3.63) is 58.3 Å². The van der Waals surface area contributed by atoms with Gasteiger partial charge in [-0.15, -0.1) is 0 Å². The van der Waals surface area contributed by atoms with Crippen molar-refractivity contribution in [2.45, 2.75) is 25.8 Å². The molecule has 4 heteroatoms. The first-order chi connectivity index (χ1) is 9.63. The van der Waals surface area contributed by atoms with Gasteiger partial charge in [0.2, 0.25) is 0 Å². The fourth-order valence-electron chi connectivity index (χ4n) is 1.93. The molecule has 20 heavy (non-hydrogen) atoms. The van der Waals surface area contributed by atoms with Crippen LogP contribution < -0.4 is 10.5 Å². The van der Waals surface area contributed by atoms with Gasteiger partial charge in [-0.3, -0.25) is 4.98 Å². The second kappa shape index (κ2) is 7.41. The Bertz CT molecular complexity index is 542. The summed E-state index contributed by atoms with van der Waals surface area (Å²) in [4.78, 5) is 4.33. The van der Waals surface area contributed by atoms with Gasteiger partial charge in [0.1, 0.15) is 5.75 Å². The zero-order valence-electron chi connectivity index (χ0n) is 11.6. The lowest BCUT2D eigenvalue weighted by Gasteiger charge is -2.12. The highest BCUT2D eigenvalue weighted by Gasteiger charge is 2.06. The molecule has 0 saturated carbocycles. The Kier molecular flexibility index (Phi) is 5.56. The average Bonchev–Trinajstić information content (AvgIpc) is 2.41. The molecule has 2 N–H and O–H groups in total. The zero-order valence-corrected chi connectivity index (χ0v) is 13.1. The molecule has 2 rings (SSSR count). The molecule has 1 atom stereocenters. The summed E-state index contributed by atoms with van der Waals surface area (Å²) in [7, 11) is 0. The smallest absolute Gasteiger partial charge is 0.119 e.